The molecular formula is C19H21F4N3O3Si. The van der Waals surface area contributed by atoms with Crippen LogP contribution < -0.4 is 5.56 Å². The van der Waals surface area contributed by atoms with Gasteiger partial charge in [-0.05, 0) is 18.2 Å². The monoisotopic (exact) mass is 443 g/mol. The highest BCUT2D eigenvalue weighted by Crippen LogP contribution is 2.32. The molecule has 30 heavy (non-hydrogen) atoms. The summed E-state index contributed by atoms with van der Waals surface area (Å²) in [5, 5.41) is 13.9. The minimum atomic E-state index is -4.95. The highest BCUT2D eigenvalue weighted by atomic mass is 28.3. The van der Waals surface area contributed by atoms with Gasteiger partial charge in [-0.1, -0.05) is 19.6 Å². The molecule has 0 radical (unpaired) electrons. The summed E-state index contributed by atoms with van der Waals surface area (Å²) in [7, 11) is -1.39. The zero-order chi connectivity index (χ0) is 22.3. The molecule has 0 amide bonds. The van der Waals surface area contributed by atoms with E-state index < -0.39 is 42.6 Å². The molecule has 6 nitrogen and oxygen atoms in total. The summed E-state index contributed by atoms with van der Waals surface area (Å²) >= 11 is 0. The number of aromatic hydroxyl groups is 1. The highest BCUT2D eigenvalue weighted by molar-refractivity contribution is 6.76. The number of alkyl halides is 3. The average molecular weight is 443 g/mol. The zero-order valence-electron chi connectivity index (χ0n) is 16.6. The molecule has 0 atom stereocenters. The molecular weight excluding hydrogens is 422 g/mol. The smallest absolute Gasteiger partial charge is 0.423 e. The minimum absolute atomic E-state index is 0.261. The molecule has 1 aromatic carbocycles. The van der Waals surface area contributed by atoms with Crippen molar-refractivity contribution < 1.29 is 27.4 Å². The lowest BCUT2D eigenvalue weighted by Crippen LogP contribution is -2.33. The molecule has 0 spiro atoms. The fraction of sp³-hybridized carbons (Fsp3) is 0.368. The van der Waals surface area contributed by atoms with Crippen LogP contribution in [0.5, 0.6) is 5.75 Å². The lowest BCUT2D eigenvalue weighted by Gasteiger charge is -2.17. The molecule has 162 valence electrons. The van der Waals surface area contributed by atoms with Gasteiger partial charge in [0.25, 0.3) is 5.56 Å². The molecule has 2 heterocycles. The van der Waals surface area contributed by atoms with Crippen LogP contribution in [0, 0.1) is 5.82 Å². The molecule has 0 aliphatic rings. The van der Waals surface area contributed by atoms with Gasteiger partial charge in [0.2, 0.25) is 0 Å². The fourth-order valence-electron chi connectivity index (χ4n) is 2.86. The lowest BCUT2D eigenvalue weighted by molar-refractivity contribution is -0.139. The van der Waals surface area contributed by atoms with E-state index in [1.165, 1.54) is 12.4 Å². The summed E-state index contributed by atoms with van der Waals surface area (Å²) < 4.78 is 61.7. The average Bonchev–Trinajstić information content (AvgIpc) is 3.00. The van der Waals surface area contributed by atoms with Crippen molar-refractivity contribution in [2.75, 3.05) is 6.61 Å². The maximum Gasteiger partial charge on any atom is 0.423 e. The third kappa shape index (κ3) is 4.73. The second-order valence-electron chi connectivity index (χ2n) is 8.15. The first-order valence-electron chi connectivity index (χ1n) is 9.12. The normalized spacial score (nSPS) is 12.6. The van der Waals surface area contributed by atoms with E-state index in [1.807, 2.05) is 0 Å². The maximum atomic E-state index is 13.7. The van der Waals surface area contributed by atoms with Crippen LogP contribution in [0.25, 0.3) is 16.5 Å². The van der Waals surface area contributed by atoms with Gasteiger partial charge in [0.15, 0.2) is 11.6 Å². The third-order valence-electron chi connectivity index (χ3n) is 4.50. The molecule has 2 aromatic heterocycles. The molecule has 0 fully saturated rings. The number of rotatable bonds is 6. The molecule has 0 aliphatic carbocycles. The van der Waals surface area contributed by atoms with Crippen molar-refractivity contribution in [2.24, 2.45) is 0 Å². The molecule has 3 rings (SSSR count). The first-order valence-corrected chi connectivity index (χ1v) is 12.8. The SMILES string of the molecule is C[Si](C)(C)CCOCn1ncc(-n2cc3cc(O)c(F)cc3c2)c(C(F)(F)F)c1=O. The van der Waals surface area contributed by atoms with Crippen molar-refractivity contribution in [3.8, 4) is 11.4 Å². The van der Waals surface area contributed by atoms with Gasteiger partial charge >= 0.3 is 6.18 Å². The lowest BCUT2D eigenvalue weighted by atomic mass is 10.2. The molecule has 0 saturated carbocycles. The van der Waals surface area contributed by atoms with Crippen LogP contribution in [0.15, 0.2) is 35.5 Å². The first kappa shape index (κ1) is 22.0. The molecule has 1 N–H and O–H groups in total. The van der Waals surface area contributed by atoms with Gasteiger partial charge in [-0.2, -0.15) is 18.3 Å². The van der Waals surface area contributed by atoms with E-state index in [0.29, 0.717) is 16.7 Å². The van der Waals surface area contributed by atoms with Crippen LogP contribution in [0.3, 0.4) is 0 Å². The predicted molar refractivity (Wildman–Crippen MR) is 106 cm³/mol. The number of aromatic nitrogens is 3. The Morgan fingerprint density at radius 1 is 1.17 bits per heavy atom. The Labute approximate surface area is 170 Å². The summed E-state index contributed by atoms with van der Waals surface area (Å²) in [6.07, 6.45) is -1.53. The van der Waals surface area contributed by atoms with E-state index in [2.05, 4.69) is 24.7 Å². The van der Waals surface area contributed by atoms with E-state index >= 15 is 0 Å². The van der Waals surface area contributed by atoms with Crippen molar-refractivity contribution in [1.82, 2.24) is 14.3 Å². The number of phenolic OH excluding ortho intramolecular Hbond substituents is 1. The van der Waals surface area contributed by atoms with Crippen LogP contribution in [0.2, 0.25) is 25.7 Å². The molecule has 11 heteroatoms. The first-order chi connectivity index (χ1) is 13.9. The number of phenols is 1. The minimum Gasteiger partial charge on any atom is -0.505 e. The number of fused-ring (bicyclic) bond motifs is 1. The van der Waals surface area contributed by atoms with Gasteiger partial charge in [-0.15, -0.1) is 0 Å². The number of halogens is 4. The van der Waals surface area contributed by atoms with E-state index in [1.54, 1.807) is 0 Å². The van der Waals surface area contributed by atoms with Crippen molar-refractivity contribution in [3.05, 3.63) is 52.5 Å². The quantitative estimate of drug-likeness (QED) is 0.349. The Bertz CT molecular complexity index is 1090. The number of nitrogens with zero attached hydrogens (tertiary/aromatic N) is 3. The molecule has 0 bridgehead atoms. The van der Waals surface area contributed by atoms with Gasteiger partial charge in [0, 0.05) is 37.8 Å². The van der Waals surface area contributed by atoms with Gasteiger partial charge < -0.3 is 14.4 Å². The fourth-order valence-corrected chi connectivity index (χ4v) is 3.61. The van der Waals surface area contributed by atoms with E-state index in [4.69, 9.17) is 4.74 Å². The van der Waals surface area contributed by atoms with E-state index in [0.717, 1.165) is 28.9 Å². The van der Waals surface area contributed by atoms with Crippen LogP contribution in [-0.2, 0) is 17.6 Å². The van der Waals surface area contributed by atoms with Crippen molar-refractivity contribution in [3.63, 3.8) is 0 Å². The molecule has 3 aromatic rings. The largest absolute Gasteiger partial charge is 0.505 e. The molecule has 0 saturated heterocycles. The summed E-state index contributed by atoms with van der Waals surface area (Å²) in [6.45, 7) is 6.32. The Balaban J connectivity index is 1.99. The molecule has 0 aliphatic heterocycles. The Kier molecular flexibility index (Phi) is 5.78. The van der Waals surface area contributed by atoms with Crippen LogP contribution in [0.1, 0.15) is 5.56 Å². The van der Waals surface area contributed by atoms with E-state index in [-0.39, 0.29) is 12.1 Å². The number of hydrogen-bond donors (Lipinski definition) is 1. The van der Waals surface area contributed by atoms with Gasteiger partial charge in [-0.3, -0.25) is 4.79 Å². The van der Waals surface area contributed by atoms with Crippen LogP contribution >= 0.6 is 0 Å². The topological polar surface area (TPSA) is 69.3 Å². The maximum absolute atomic E-state index is 13.7. The highest BCUT2D eigenvalue weighted by Gasteiger charge is 2.38. The van der Waals surface area contributed by atoms with Gasteiger partial charge in [0.05, 0.1) is 11.9 Å². The van der Waals surface area contributed by atoms with Crippen molar-refractivity contribution in [1.29, 1.82) is 0 Å². The second kappa shape index (κ2) is 7.87. The van der Waals surface area contributed by atoms with Crippen molar-refractivity contribution in [2.45, 2.75) is 38.6 Å². The van der Waals surface area contributed by atoms with Gasteiger partial charge in [0.1, 0.15) is 12.3 Å². The summed E-state index contributed by atoms with van der Waals surface area (Å²) in [5.41, 5.74) is -3.24. The number of ether oxygens (including phenoxy) is 1. The standard InChI is InChI=1S/C19H21F4N3O3Si/c1-30(2,3)5-4-29-11-26-18(28)17(19(21,22)23)15(8-24-26)25-9-12-6-14(20)16(27)7-13(12)10-25/h6-10,27H,4-5,11H2,1-3H3. The van der Waals surface area contributed by atoms with Gasteiger partial charge in [-0.25, -0.2) is 9.07 Å². The summed E-state index contributed by atoms with van der Waals surface area (Å²) in [6, 6.07) is 2.89. The van der Waals surface area contributed by atoms with Crippen LogP contribution in [0.4, 0.5) is 17.6 Å². The number of benzene rings is 1. The molecule has 0 unspecified atom stereocenters. The summed E-state index contributed by atoms with van der Waals surface area (Å²) in [4.78, 5) is 12.5. The predicted octanol–water partition coefficient (Wildman–Crippen LogP) is 4.36. The Morgan fingerprint density at radius 2 is 1.80 bits per heavy atom. The third-order valence-corrected chi connectivity index (χ3v) is 6.21. The van der Waals surface area contributed by atoms with E-state index in [9.17, 15) is 27.5 Å². The Morgan fingerprint density at radius 3 is 2.40 bits per heavy atom. The number of hydrogen-bond acceptors (Lipinski definition) is 4. The Hall–Kier alpha value is -2.66. The second-order valence-corrected chi connectivity index (χ2v) is 13.8. The summed E-state index contributed by atoms with van der Waals surface area (Å²) in [5.74, 6) is -1.53. The van der Waals surface area contributed by atoms with Crippen LogP contribution in [-0.4, -0.2) is 34.1 Å². The zero-order valence-corrected chi connectivity index (χ0v) is 17.6. The van der Waals surface area contributed by atoms with Crippen molar-refractivity contribution >= 4 is 18.8 Å².